The van der Waals surface area contributed by atoms with Crippen LogP contribution in [-0.2, 0) is 9.53 Å². The Bertz CT molecular complexity index is 594. The Morgan fingerprint density at radius 1 is 0.957 bits per heavy atom. The third kappa shape index (κ3) is 4.78. The average molecular weight is 309 g/mol. The molecule has 1 atom stereocenters. The van der Waals surface area contributed by atoms with Crippen molar-refractivity contribution in [1.29, 1.82) is 0 Å². The van der Waals surface area contributed by atoms with Gasteiger partial charge in [0.15, 0.2) is 0 Å². The van der Waals surface area contributed by atoms with Crippen LogP contribution in [0.15, 0.2) is 65.7 Å². The van der Waals surface area contributed by atoms with Crippen LogP contribution in [-0.4, -0.2) is 24.3 Å². The summed E-state index contributed by atoms with van der Waals surface area (Å²) in [5, 5.41) is 0. The fourth-order valence-electron chi connectivity index (χ4n) is 2.41. The van der Waals surface area contributed by atoms with E-state index in [1.54, 1.807) is 0 Å². The fourth-order valence-corrected chi connectivity index (χ4v) is 2.41. The van der Waals surface area contributed by atoms with Crippen molar-refractivity contribution in [2.75, 3.05) is 6.61 Å². The average Bonchev–Trinajstić information content (AvgIpc) is 2.60. The molecule has 0 saturated carbocycles. The molecule has 3 heteroatoms. The highest BCUT2D eigenvalue weighted by atomic mass is 16.5. The minimum Gasteiger partial charge on any atom is -0.464 e. The number of hydrogen-bond donors (Lipinski definition) is 0. The number of benzene rings is 2. The van der Waals surface area contributed by atoms with Crippen LogP contribution in [0, 0.1) is 0 Å². The third-order valence-corrected chi connectivity index (χ3v) is 3.50. The first-order valence-corrected chi connectivity index (χ1v) is 8.11. The lowest BCUT2D eigenvalue weighted by atomic mass is 10.0. The standard InChI is InChI=1S/C20H23NO2/c1-3-11-18(20(22)23-4-2)21-19(16-12-7-5-8-13-16)17-14-9-6-10-15-17/h5-10,12-15,18H,3-4,11H2,1-2H3. The molecule has 120 valence electrons. The van der Waals surface area contributed by atoms with Gasteiger partial charge in [-0.3, -0.25) is 4.99 Å². The van der Waals surface area contributed by atoms with E-state index in [0.717, 1.165) is 23.3 Å². The fraction of sp³-hybridized carbons (Fsp3) is 0.300. The number of carbonyl (C=O) groups excluding carboxylic acids is 1. The van der Waals surface area contributed by atoms with E-state index in [2.05, 4.69) is 0 Å². The topological polar surface area (TPSA) is 38.7 Å². The normalized spacial score (nSPS) is 11.6. The molecule has 3 nitrogen and oxygen atoms in total. The molecule has 0 radical (unpaired) electrons. The number of aliphatic imine (C=N–C) groups is 1. The molecule has 23 heavy (non-hydrogen) atoms. The lowest BCUT2D eigenvalue weighted by Crippen LogP contribution is -2.23. The highest BCUT2D eigenvalue weighted by Crippen LogP contribution is 2.15. The van der Waals surface area contributed by atoms with Crippen LogP contribution >= 0.6 is 0 Å². The first kappa shape index (κ1) is 16.9. The van der Waals surface area contributed by atoms with E-state index in [9.17, 15) is 4.79 Å². The van der Waals surface area contributed by atoms with Gasteiger partial charge >= 0.3 is 5.97 Å². The molecule has 2 aromatic carbocycles. The molecule has 2 rings (SSSR count). The molecule has 0 aliphatic heterocycles. The van der Waals surface area contributed by atoms with Crippen LogP contribution in [0.4, 0.5) is 0 Å². The second kappa shape index (κ2) is 8.89. The zero-order chi connectivity index (χ0) is 16.5. The lowest BCUT2D eigenvalue weighted by Gasteiger charge is -2.14. The summed E-state index contributed by atoms with van der Waals surface area (Å²) in [4.78, 5) is 17.0. The van der Waals surface area contributed by atoms with Crippen LogP contribution in [0.1, 0.15) is 37.8 Å². The molecule has 0 aromatic heterocycles. The van der Waals surface area contributed by atoms with Crippen LogP contribution in [0.3, 0.4) is 0 Å². The molecular formula is C20H23NO2. The maximum Gasteiger partial charge on any atom is 0.330 e. The molecule has 0 bridgehead atoms. The molecule has 0 aliphatic carbocycles. The first-order valence-electron chi connectivity index (χ1n) is 8.11. The summed E-state index contributed by atoms with van der Waals surface area (Å²) in [5.41, 5.74) is 2.84. The SMILES string of the molecule is CCCC(N=C(c1ccccc1)c1ccccc1)C(=O)OCC. The Hall–Kier alpha value is -2.42. The van der Waals surface area contributed by atoms with Gasteiger partial charge in [0, 0.05) is 11.1 Å². The molecule has 0 saturated heterocycles. The number of carbonyl (C=O) groups is 1. The van der Waals surface area contributed by atoms with Gasteiger partial charge in [-0.1, -0.05) is 74.0 Å². The highest BCUT2D eigenvalue weighted by molar-refractivity contribution is 6.13. The van der Waals surface area contributed by atoms with E-state index in [-0.39, 0.29) is 5.97 Å². The molecule has 0 amide bonds. The van der Waals surface area contributed by atoms with Crippen molar-refractivity contribution in [3.63, 3.8) is 0 Å². The van der Waals surface area contributed by atoms with Gasteiger partial charge in [0.05, 0.1) is 12.3 Å². The van der Waals surface area contributed by atoms with E-state index in [4.69, 9.17) is 9.73 Å². The highest BCUT2D eigenvalue weighted by Gasteiger charge is 2.19. The van der Waals surface area contributed by atoms with Crippen molar-refractivity contribution in [3.8, 4) is 0 Å². The molecule has 0 N–H and O–H groups in total. The Balaban J connectivity index is 2.45. The summed E-state index contributed by atoms with van der Waals surface area (Å²) in [6.07, 6.45) is 1.56. The number of ether oxygens (including phenoxy) is 1. The summed E-state index contributed by atoms with van der Waals surface area (Å²) in [5.74, 6) is -0.251. The lowest BCUT2D eigenvalue weighted by molar-refractivity contribution is -0.144. The van der Waals surface area contributed by atoms with Gasteiger partial charge in [0.2, 0.25) is 0 Å². The Morgan fingerprint density at radius 2 is 1.48 bits per heavy atom. The van der Waals surface area contributed by atoms with Gasteiger partial charge in [-0.05, 0) is 13.3 Å². The van der Waals surface area contributed by atoms with Crippen LogP contribution in [0.5, 0.6) is 0 Å². The molecule has 1 unspecified atom stereocenters. The van der Waals surface area contributed by atoms with Gasteiger partial charge < -0.3 is 4.74 Å². The van der Waals surface area contributed by atoms with E-state index in [1.165, 1.54) is 0 Å². The number of rotatable bonds is 7. The number of nitrogens with zero attached hydrogens (tertiary/aromatic N) is 1. The Kier molecular flexibility index (Phi) is 6.55. The summed E-state index contributed by atoms with van der Waals surface area (Å²) in [6, 6.07) is 19.5. The van der Waals surface area contributed by atoms with Crippen molar-refractivity contribution in [2.24, 2.45) is 4.99 Å². The summed E-state index contributed by atoms with van der Waals surface area (Å²) < 4.78 is 5.18. The van der Waals surface area contributed by atoms with Crippen LogP contribution in [0.25, 0.3) is 0 Å². The Labute approximate surface area is 138 Å². The monoisotopic (exact) mass is 309 g/mol. The Morgan fingerprint density at radius 3 is 1.91 bits per heavy atom. The summed E-state index contributed by atoms with van der Waals surface area (Å²) in [7, 11) is 0. The predicted molar refractivity (Wildman–Crippen MR) is 93.9 cm³/mol. The van der Waals surface area contributed by atoms with Crippen molar-refractivity contribution < 1.29 is 9.53 Å². The summed E-state index contributed by atoms with van der Waals surface area (Å²) in [6.45, 7) is 4.24. The van der Waals surface area contributed by atoms with Gasteiger partial charge in [-0.15, -0.1) is 0 Å². The van der Waals surface area contributed by atoms with E-state index in [1.807, 2.05) is 74.5 Å². The smallest absolute Gasteiger partial charge is 0.330 e. The molecular weight excluding hydrogens is 286 g/mol. The van der Waals surface area contributed by atoms with Gasteiger partial charge in [-0.25, -0.2) is 4.79 Å². The molecule has 2 aromatic rings. The quantitative estimate of drug-likeness (QED) is 0.566. The minimum atomic E-state index is -0.463. The first-order chi connectivity index (χ1) is 11.3. The van der Waals surface area contributed by atoms with Crippen molar-refractivity contribution in [3.05, 3.63) is 71.8 Å². The van der Waals surface area contributed by atoms with Crippen LogP contribution < -0.4 is 0 Å². The third-order valence-electron chi connectivity index (χ3n) is 3.50. The zero-order valence-electron chi connectivity index (χ0n) is 13.7. The second-order valence-corrected chi connectivity index (χ2v) is 5.27. The zero-order valence-corrected chi connectivity index (χ0v) is 13.7. The molecule has 0 spiro atoms. The maximum atomic E-state index is 12.2. The van der Waals surface area contributed by atoms with Crippen molar-refractivity contribution in [2.45, 2.75) is 32.7 Å². The van der Waals surface area contributed by atoms with Crippen LogP contribution in [0.2, 0.25) is 0 Å². The second-order valence-electron chi connectivity index (χ2n) is 5.27. The van der Waals surface area contributed by atoms with E-state index >= 15 is 0 Å². The van der Waals surface area contributed by atoms with Gasteiger partial charge in [-0.2, -0.15) is 0 Å². The number of esters is 1. The van der Waals surface area contributed by atoms with Crippen molar-refractivity contribution >= 4 is 11.7 Å². The molecule has 0 fully saturated rings. The molecule has 0 heterocycles. The van der Waals surface area contributed by atoms with Gasteiger partial charge in [0.25, 0.3) is 0 Å². The maximum absolute atomic E-state index is 12.2. The summed E-state index contributed by atoms with van der Waals surface area (Å²) >= 11 is 0. The predicted octanol–water partition coefficient (Wildman–Crippen LogP) is 4.26. The number of hydrogen-bond acceptors (Lipinski definition) is 3. The molecule has 0 aliphatic rings. The largest absolute Gasteiger partial charge is 0.464 e. The van der Waals surface area contributed by atoms with Gasteiger partial charge in [0.1, 0.15) is 6.04 Å². The van der Waals surface area contributed by atoms with E-state index in [0.29, 0.717) is 13.0 Å². The minimum absolute atomic E-state index is 0.251. The van der Waals surface area contributed by atoms with E-state index < -0.39 is 6.04 Å². The van der Waals surface area contributed by atoms with Crippen molar-refractivity contribution in [1.82, 2.24) is 0 Å².